The molecule has 0 radical (unpaired) electrons. The molecule has 1 atom stereocenters. The van der Waals surface area contributed by atoms with Crippen LogP contribution in [0.15, 0.2) is 65.6 Å². The molecule has 13 heteroatoms. The normalized spacial score (nSPS) is 16.0. The summed E-state index contributed by atoms with van der Waals surface area (Å²) in [5, 5.41) is 32.1. The van der Waals surface area contributed by atoms with Crippen molar-refractivity contribution in [2.45, 2.75) is 17.5 Å². The van der Waals surface area contributed by atoms with E-state index < -0.39 is 45.1 Å². The molecule has 0 spiro atoms. The van der Waals surface area contributed by atoms with Crippen LogP contribution in [0.5, 0.6) is 23.0 Å². The van der Waals surface area contributed by atoms with Crippen LogP contribution >= 0.6 is 0 Å². The van der Waals surface area contributed by atoms with Crippen LogP contribution < -0.4 is 15.8 Å². The predicted molar refractivity (Wildman–Crippen MR) is 141 cm³/mol. The molecule has 1 aliphatic heterocycles. The van der Waals surface area contributed by atoms with E-state index in [2.05, 4.69) is 5.32 Å². The molecule has 2 amide bonds. The molecule has 1 saturated heterocycles. The van der Waals surface area contributed by atoms with Gasteiger partial charge in [0, 0.05) is 37.4 Å². The van der Waals surface area contributed by atoms with Gasteiger partial charge in [-0.2, -0.15) is 4.31 Å². The van der Waals surface area contributed by atoms with Gasteiger partial charge in [-0.1, -0.05) is 12.1 Å². The molecule has 206 valence electrons. The number of benzene rings is 3. The number of nitrogens with zero attached hydrogens (tertiary/aromatic N) is 2. The third-order valence-corrected chi connectivity index (χ3v) is 8.25. The monoisotopic (exact) mass is 556 g/mol. The summed E-state index contributed by atoms with van der Waals surface area (Å²) in [5.74, 6) is -2.94. The molecule has 39 heavy (non-hydrogen) atoms. The number of ether oxygens (including phenoxy) is 1. The van der Waals surface area contributed by atoms with E-state index in [0.29, 0.717) is 11.4 Å². The van der Waals surface area contributed by atoms with Crippen molar-refractivity contribution in [3.8, 4) is 23.0 Å². The second-order valence-corrected chi connectivity index (χ2v) is 10.8. The molecule has 1 heterocycles. The van der Waals surface area contributed by atoms with Crippen LogP contribution in [0.4, 0.5) is 5.69 Å². The number of phenols is 3. The molecular weight excluding hydrogens is 528 g/mol. The summed E-state index contributed by atoms with van der Waals surface area (Å²) >= 11 is 0. The lowest BCUT2D eigenvalue weighted by Gasteiger charge is -2.40. The molecule has 12 nitrogen and oxygen atoms in total. The number of sulfonamides is 1. The Hall–Kier alpha value is -4.49. The number of nitrogens with two attached hydrogens (primary N) is 1. The number of piperazine rings is 1. The number of aromatic hydroxyl groups is 3. The highest BCUT2D eigenvalue weighted by atomic mass is 32.2. The molecule has 0 aliphatic carbocycles. The van der Waals surface area contributed by atoms with Gasteiger partial charge in [0.1, 0.15) is 11.8 Å². The van der Waals surface area contributed by atoms with Crippen LogP contribution in [0.1, 0.15) is 15.9 Å². The highest BCUT2D eigenvalue weighted by Gasteiger charge is 2.40. The summed E-state index contributed by atoms with van der Waals surface area (Å²) in [6.45, 7) is -0.511. The van der Waals surface area contributed by atoms with Crippen LogP contribution in [0.2, 0.25) is 0 Å². The Kier molecular flexibility index (Phi) is 7.83. The number of rotatable bonds is 7. The molecule has 1 fully saturated rings. The number of hydrogen-bond acceptors (Lipinski definition) is 9. The number of amides is 2. The van der Waals surface area contributed by atoms with Crippen molar-refractivity contribution in [1.82, 2.24) is 14.5 Å². The summed E-state index contributed by atoms with van der Waals surface area (Å²) in [4.78, 5) is 27.9. The van der Waals surface area contributed by atoms with E-state index in [9.17, 15) is 33.3 Å². The van der Waals surface area contributed by atoms with Gasteiger partial charge in [0.05, 0.1) is 12.0 Å². The van der Waals surface area contributed by atoms with Crippen LogP contribution in [-0.4, -0.2) is 77.5 Å². The average Bonchev–Trinajstić information content (AvgIpc) is 2.94. The Balaban J connectivity index is 1.61. The van der Waals surface area contributed by atoms with Gasteiger partial charge in [-0.3, -0.25) is 9.59 Å². The molecule has 0 bridgehead atoms. The third-order valence-electron chi connectivity index (χ3n) is 6.37. The van der Waals surface area contributed by atoms with Gasteiger partial charge in [-0.25, -0.2) is 8.42 Å². The van der Waals surface area contributed by atoms with Crippen molar-refractivity contribution in [2.24, 2.45) is 0 Å². The Labute approximate surface area is 224 Å². The standard InChI is InChI=1S/C26H28N4O8S/c1-38-19-6-2-16(3-7-19)14-28-25(34)21-15-29(39(36,37)20-8-4-18(27)5-9-20)10-11-30(21)26(35)17-12-22(31)24(33)23(32)13-17/h2-9,12-13,21,31-33H,10-11,14-15,27H2,1H3,(H,28,34). The first-order chi connectivity index (χ1) is 18.5. The molecule has 1 unspecified atom stereocenters. The summed E-state index contributed by atoms with van der Waals surface area (Å²) < 4.78 is 32.9. The summed E-state index contributed by atoms with van der Waals surface area (Å²) in [6, 6.07) is 13.3. The van der Waals surface area contributed by atoms with Crippen molar-refractivity contribution in [3.05, 3.63) is 71.8 Å². The molecule has 1 aliphatic rings. The van der Waals surface area contributed by atoms with Gasteiger partial charge in [0.25, 0.3) is 5.91 Å². The lowest BCUT2D eigenvalue weighted by Crippen LogP contribution is -2.61. The van der Waals surface area contributed by atoms with Gasteiger partial charge in [-0.05, 0) is 54.1 Å². The number of carbonyl (C=O) groups is 2. The van der Waals surface area contributed by atoms with Crippen LogP contribution in [0.25, 0.3) is 0 Å². The van der Waals surface area contributed by atoms with E-state index in [1.807, 2.05) is 0 Å². The minimum absolute atomic E-state index is 0.0118. The Morgan fingerprint density at radius 3 is 2.21 bits per heavy atom. The fourth-order valence-corrected chi connectivity index (χ4v) is 5.61. The maximum absolute atomic E-state index is 13.4. The molecule has 0 aromatic heterocycles. The lowest BCUT2D eigenvalue weighted by atomic mass is 10.1. The van der Waals surface area contributed by atoms with E-state index in [1.165, 1.54) is 36.3 Å². The topological polar surface area (TPSA) is 183 Å². The van der Waals surface area contributed by atoms with E-state index in [1.54, 1.807) is 24.3 Å². The highest BCUT2D eigenvalue weighted by Crippen LogP contribution is 2.36. The van der Waals surface area contributed by atoms with E-state index in [-0.39, 0.29) is 36.6 Å². The fraction of sp³-hybridized carbons (Fsp3) is 0.231. The summed E-state index contributed by atoms with van der Waals surface area (Å²) in [6.07, 6.45) is 0. The SMILES string of the molecule is COc1ccc(CNC(=O)C2CN(S(=O)(=O)c3ccc(N)cc3)CCN2C(=O)c2cc(O)c(O)c(O)c2)cc1. The Morgan fingerprint density at radius 1 is 1.00 bits per heavy atom. The maximum Gasteiger partial charge on any atom is 0.254 e. The van der Waals surface area contributed by atoms with Gasteiger partial charge < -0.3 is 36.0 Å². The zero-order valence-corrected chi connectivity index (χ0v) is 21.8. The summed E-state index contributed by atoms with van der Waals surface area (Å²) in [7, 11) is -2.49. The first-order valence-electron chi connectivity index (χ1n) is 11.8. The zero-order valence-electron chi connectivity index (χ0n) is 20.9. The molecule has 3 aromatic carbocycles. The molecule has 0 saturated carbocycles. The predicted octanol–water partition coefficient (Wildman–Crippen LogP) is 1.23. The number of methoxy groups -OCH3 is 1. The van der Waals surface area contributed by atoms with Crippen LogP contribution in [-0.2, 0) is 21.4 Å². The van der Waals surface area contributed by atoms with E-state index in [0.717, 1.165) is 22.0 Å². The minimum atomic E-state index is -4.02. The number of carbonyl (C=O) groups excluding carboxylic acids is 2. The van der Waals surface area contributed by atoms with Crippen molar-refractivity contribution in [1.29, 1.82) is 0 Å². The first-order valence-corrected chi connectivity index (χ1v) is 13.3. The number of nitrogen functional groups attached to an aromatic ring is 1. The quantitative estimate of drug-likeness (QED) is 0.211. The molecule has 4 rings (SSSR count). The van der Waals surface area contributed by atoms with Crippen molar-refractivity contribution in [3.63, 3.8) is 0 Å². The van der Waals surface area contributed by atoms with Crippen molar-refractivity contribution >= 4 is 27.5 Å². The largest absolute Gasteiger partial charge is 0.504 e. The van der Waals surface area contributed by atoms with Gasteiger partial charge in [0.2, 0.25) is 15.9 Å². The van der Waals surface area contributed by atoms with Crippen molar-refractivity contribution < 1.29 is 38.1 Å². The molecular formula is C26H28N4O8S. The number of hydrogen-bond donors (Lipinski definition) is 5. The van der Waals surface area contributed by atoms with Crippen LogP contribution in [0, 0.1) is 0 Å². The number of nitrogens with one attached hydrogen (secondary N) is 1. The number of anilines is 1. The third kappa shape index (κ3) is 5.84. The smallest absolute Gasteiger partial charge is 0.254 e. The Morgan fingerprint density at radius 2 is 1.62 bits per heavy atom. The minimum Gasteiger partial charge on any atom is -0.504 e. The molecule has 6 N–H and O–H groups in total. The number of phenolic OH excluding ortho intramolecular Hbond substituents is 3. The highest BCUT2D eigenvalue weighted by molar-refractivity contribution is 7.89. The maximum atomic E-state index is 13.4. The van der Waals surface area contributed by atoms with E-state index >= 15 is 0 Å². The first kappa shape index (κ1) is 27.5. The van der Waals surface area contributed by atoms with Crippen molar-refractivity contribution in [2.75, 3.05) is 32.5 Å². The Bertz CT molecular complexity index is 1450. The van der Waals surface area contributed by atoms with Gasteiger partial charge in [-0.15, -0.1) is 0 Å². The van der Waals surface area contributed by atoms with E-state index in [4.69, 9.17) is 10.5 Å². The van der Waals surface area contributed by atoms with Crippen LogP contribution in [0.3, 0.4) is 0 Å². The summed E-state index contributed by atoms with van der Waals surface area (Å²) in [5.41, 5.74) is 6.63. The fourth-order valence-electron chi connectivity index (χ4n) is 4.18. The zero-order chi connectivity index (χ0) is 28.3. The second kappa shape index (κ2) is 11.1. The average molecular weight is 557 g/mol. The van der Waals surface area contributed by atoms with Gasteiger partial charge in [0.15, 0.2) is 17.2 Å². The van der Waals surface area contributed by atoms with Gasteiger partial charge >= 0.3 is 0 Å². The second-order valence-electron chi connectivity index (χ2n) is 8.88. The lowest BCUT2D eigenvalue weighted by molar-refractivity contribution is -0.127. The molecule has 3 aromatic rings.